The largest absolute Gasteiger partial charge is 0.396 e. The minimum absolute atomic E-state index is 0.597. The molecule has 2 heteroatoms. The summed E-state index contributed by atoms with van der Waals surface area (Å²) < 4.78 is 0. The summed E-state index contributed by atoms with van der Waals surface area (Å²) in [6, 6.07) is 18.7. The topological polar surface area (TPSA) is 21.6 Å². The molecule has 2 aromatic carbocycles. The van der Waals surface area contributed by atoms with Gasteiger partial charge < -0.3 is 4.84 Å². The molecule has 2 rings (SSSR count). The Morgan fingerprint density at radius 2 is 1.56 bits per heavy atom. The molecule has 0 aliphatic rings. The average molecular weight is 239 g/mol. The molecule has 0 bridgehead atoms. The summed E-state index contributed by atoms with van der Waals surface area (Å²) in [7, 11) is 0. The molecule has 0 spiro atoms. The van der Waals surface area contributed by atoms with E-state index in [9.17, 15) is 0 Å². The number of nitrogens with zero attached hydrogens (tertiary/aromatic N) is 1. The highest BCUT2D eigenvalue weighted by molar-refractivity contribution is 5.98. The van der Waals surface area contributed by atoms with Crippen molar-refractivity contribution in [2.75, 3.05) is 6.61 Å². The highest BCUT2D eigenvalue weighted by Gasteiger charge is 2.00. The van der Waals surface area contributed by atoms with Gasteiger partial charge in [0.1, 0.15) is 6.61 Å². The van der Waals surface area contributed by atoms with Gasteiger partial charge in [0.05, 0.1) is 5.71 Å². The fraction of sp³-hybridized carbons (Fsp3) is 0.188. The number of hydrogen-bond acceptors (Lipinski definition) is 2. The lowest BCUT2D eigenvalue weighted by Crippen LogP contribution is -1.96. The van der Waals surface area contributed by atoms with Crippen LogP contribution in [0.2, 0.25) is 0 Å². The summed E-state index contributed by atoms with van der Waals surface area (Å²) in [4.78, 5) is 5.05. The molecule has 0 aliphatic carbocycles. The Morgan fingerprint density at radius 1 is 0.944 bits per heavy atom. The maximum absolute atomic E-state index is 5.05. The Hall–Kier alpha value is -2.09. The van der Waals surface area contributed by atoms with Crippen molar-refractivity contribution >= 4 is 5.71 Å². The number of hydrogen-bond donors (Lipinski definition) is 0. The van der Waals surface area contributed by atoms with E-state index in [0.29, 0.717) is 6.61 Å². The fourth-order valence-electron chi connectivity index (χ4n) is 1.75. The first-order chi connectivity index (χ1) is 8.81. The maximum Gasteiger partial charge on any atom is 0.114 e. The third-order valence-corrected chi connectivity index (χ3v) is 2.74. The zero-order valence-electron chi connectivity index (χ0n) is 10.8. The average Bonchev–Trinajstić information content (AvgIpc) is 2.46. The second kappa shape index (κ2) is 6.01. The summed E-state index contributed by atoms with van der Waals surface area (Å²) in [5.41, 5.74) is 4.42. The van der Waals surface area contributed by atoms with E-state index >= 15 is 0 Å². The number of oxime groups is 1. The first-order valence-electron chi connectivity index (χ1n) is 6.13. The van der Waals surface area contributed by atoms with Gasteiger partial charge in [0.15, 0.2) is 0 Å². The second-order valence-electron chi connectivity index (χ2n) is 4.04. The van der Waals surface area contributed by atoms with Crippen LogP contribution in [0.5, 0.6) is 0 Å². The summed E-state index contributed by atoms with van der Waals surface area (Å²) in [6.45, 7) is 4.47. The van der Waals surface area contributed by atoms with E-state index in [1.165, 1.54) is 11.1 Å². The van der Waals surface area contributed by atoms with Gasteiger partial charge >= 0.3 is 0 Å². The van der Waals surface area contributed by atoms with E-state index in [1.54, 1.807) is 0 Å². The van der Waals surface area contributed by atoms with E-state index in [0.717, 1.165) is 11.3 Å². The summed E-state index contributed by atoms with van der Waals surface area (Å²) >= 11 is 0. The minimum atomic E-state index is 0.597. The van der Waals surface area contributed by atoms with Crippen LogP contribution in [-0.4, -0.2) is 12.3 Å². The Labute approximate surface area is 108 Å². The van der Waals surface area contributed by atoms with Crippen LogP contribution in [0, 0.1) is 0 Å². The minimum Gasteiger partial charge on any atom is -0.396 e. The van der Waals surface area contributed by atoms with Crippen LogP contribution in [-0.2, 0) is 4.84 Å². The van der Waals surface area contributed by atoms with Gasteiger partial charge in [-0.05, 0) is 30.5 Å². The van der Waals surface area contributed by atoms with Crippen LogP contribution >= 0.6 is 0 Å². The first-order valence-corrected chi connectivity index (χ1v) is 6.13. The fourth-order valence-corrected chi connectivity index (χ4v) is 1.75. The van der Waals surface area contributed by atoms with E-state index < -0.39 is 0 Å². The van der Waals surface area contributed by atoms with Gasteiger partial charge in [-0.25, -0.2) is 0 Å². The Morgan fingerprint density at radius 3 is 2.17 bits per heavy atom. The molecule has 0 atom stereocenters. The standard InChI is InChI=1S/C16H17NO/c1-3-18-17-13(2)14-9-11-16(12-10-14)15-7-5-4-6-8-15/h4-12H,3H2,1-2H3/b17-13+. The van der Waals surface area contributed by atoms with Crippen LogP contribution in [0.4, 0.5) is 0 Å². The smallest absolute Gasteiger partial charge is 0.114 e. The van der Waals surface area contributed by atoms with Gasteiger partial charge in [0.25, 0.3) is 0 Å². The maximum atomic E-state index is 5.05. The third kappa shape index (κ3) is 2.98. The molecule has 18 heavy (non-hydrogen) atoms. The van der Waals surface area contributed by atoms with Crippen molar-refractivity contribution in [3.05, 3.63) is 60.2 Å². The molecule has 0 aromatic heterocycles. The van der Waals surface area contributed by atoms with Crippen molar-refractivity contribution in [2.24, 2.45) is 5.16 Å². The lowest BCUT2D eigenvalue weighted by Gasteiger charge is -2.04. The molecule has 0 unspecified atom stereocenters. The van der Waals surface area contributed by atoms with Crippen LogP contribution in [0.15, 0.2) is 59.8 Å². The van der Waals surface area contributed by atoms with Gasteiger partial charge in [-0.2, -0.15) is 0 Å². The molecule has 0 amide bonds. The zero-order valence-corrected chi connectivity index (χ0v) is 10.8. The molecule has 92 valence electrons. The quantitative estimate of drug-likeness (QED) is 0.581. The monoisotopic (exact) mass is 239 g/mol. The molecule has 0 radical (unpaired) electrons. The van der Waals surface area contributed by atoms with Crippen molar-refractivity contribution in [2.45, 2.75) is 13.8 Å². The van der Waals surface area contributed by atoms with Gasteiger partial charge in [0.2, 0.25) is 0 Å². The first kappa shape index (κ1) is 12.4. The van der Waals surface area contributed by atoms with Gasteiger partial charge in [-0.15, -0.1) is 0 Å². The van der Waals surface area contributed by atoms with Crippen LogP contribution < -0.4 is 0 Å². The summed E-state index contributed by atoms with van der Waals surface area (Å²) in [5, 5.41) is 4.03. The molecular weight excluding hydrogens is 222 g/mol. The van der Waals surface area contributed by atoms with Crippen molar-refractivity contribution in [3.8, 4) is 11.1 Å². The van der Waals surface area contributed by atoms with Crippen molar-refractivity contribution in [3.63, 3.8) is 0 Å². The summed E-state index contributed by atoms with van der Waals surface area (Å²) in [6.07, 6.45) is 0. The zero-order chi connectivity index (χ0) is 12.8. The predicted octanol–water partition coefficient (Wildman–Crippen LogP) is 4.11. The van der Waals surface area contributed by atoms with Gasteiger partial charge in [0, 0.05) is 0 Å². The van der Waals surface area contributed by atoms with E-state index in [-0.39, 0.29) is 0 Å². The van der Waals surface area contributed by atoms with Gasteiger partial charge in [-0.1, -0.05) is 59.8 Å². The van der Waals surface area contributed by atoms with Crippen LogP contribution in [0.3, 0.4) is 0 Å². The number of rotatable bonds is 4. The van der Waals surface area contributed by atoms with E-state index in [4.69, 9.17) is 4.84 Å². The Bertz CT molecular complexity index is 515. The molecule has 2 aromatic rings. The van der Waals surface area contributed by atoms with E-state index in [1.807, 2.05) is 32.0 Å². The molecule has 0 N–H and O–H groups in total. The molecular formula is C16H17NO. The van der Waals surface area contributed by atoms with E-state index in [2.05, 4.69) is 41.6 Å². The third-order valence-electron chi connectivity index (χ3n) is 2.74. The Kier molecular flexibility index (Phi) is 4.13. The SMILES string of the molecule is CCO/N=C(\C)c1ccc(-c2ccccc2)cc1. The van der Waals surface area contributed by atoms with Crippen molar-refractivity contribution < 1.29 is 4.84 Å². The van der Waals surface area contributed by atoms with Crippen molar-refractivity contribution in [1.82, 2.24) is 0 Å². The molecule has 0 saturated carbocycles. The molecule has 0 fully saturated rings. The molecule has 0 saturated heterocycles. The highest BCUT2D eigenvalue weighted by Crippen LogP contribution is 2.19. The lowest BCUT2D eigenvalue weighted by molar-refractivity contribution is 0.159. The molecule has 0 heterocycles. The second-order valence-corrected chi connectivity index (χ2v) is 4.04. The number of benzene rings is 2. The normalized spacial score (nSPS) is 11.3. The van der Waals surface area contributed by atoms with Crippen molar-refractivity contribution in [1.29, 1.82) is 0 Å². The predicted molar refractivity (Wildman–Crippen MR) is 75.7 cm³/mol. The summed E-state index contributed by atoms with van der Waals surface area (Å²) in [5.74, 6) is 0. The Balaban J connectivity index is 2.20. The van der Waals surface area contributed by atoms with Crippen LogP contribution in [0.1, 0.15) is 19.4 Å². The highest BCUT2D eigenvalue weighted by atomic mass is 16.6. The molecule has 2 nitrogen and oxygen atoms in total. The van der Waals surface area contributed by atoms with Crippen LogP contribution in [0.25, 0.3) is 11.1 Å². The lowest BCUT2D eigenvalue weighted by atomic mass is 10.0. The van der Waals surface area contributed by atoms with Gasteiger partial charge in [-0.3, -0.25) is 0 Å². The molecule has 0 aliphatic heterocycles.